The van der Waals surface area contributed by atoms with Crippen molar-refractivity contribution in [3.05, 3.63) is 40.7 Å². The molecule has 0 atom stereocenters. The van der Waals surface area contributed by atoms with Crippen LogP contribution >= 0.6 is 11.3 Å². The van der Waals surface area contributed by atoms with Gasteiger partial charge < -0.3 is 9.80 Å². The molecule has 1 aliphatic heterocycles. The van der Waals surface area contributed by atoms with E-state index in [1.165, 1.54) is 23.5 Å². The fraction of sp³-hybridized carbons (Fsp3) is 0.444. The Balaban J connectivity index is 1.75. The first-order valence-corrected chi connectivity index (χ1v) is 8.96. The molecule has 24 heavy (non-hydrogen) atoms. The average Bonchev–Trinajstić information content (AvgIpc) is 2.96. The first-order valence-electron chi connectivity index (χ1n) is 8.15. The normalized spacial score (nSPS) is 16.0. The zero-order valence-corrected chi connectivity index (χ0v) is 15.1. The maximum absolute atomic E-state index is 13.1. The zero-order valence-electron chi connectivity index (χ0n) is 14.3. The summed E-state index contributed by atoms with van der Waals surface area (Å²) < 4.78 is 13.1. The van der Waals surface area contributed by atoms with E-state index in [1.54, 1.807) is 12.1 Å². The molecule has 1 amide bonds. The summed E-state index contributed by atoms with van der Waals surface area (Å²) in [6.45, 7) is 3.43. The van der Waals surface area contributed by atoms with E-state index in [2.05, 4.69) is 24.0 Å². The fourth-order valence-electron chi connectivity index (χ4n) is 3.04. The Morgan fingerprint density at radius 3 is 2.46 bits per heavy atom. The average molecular weight is 347 g/mol. The number of likely N-dealkylation sites (tertiary alicyclic amines) is 1. The highest BCUT2D eigenvalue weighted by Crippen LogP contribution is 2.29. The Morgan fingerprint density at radius 2 is 1.88 bits per heavy atom. The standard InChI is InChI=1S/C18H22FN3OS/c1-12-16(18(23)22-10-8-15(9-11-22)21(2)3)24-17(20-12)13-4-6-14(19)7-5-13/h4-7,15H,8-11H2,1-3H3. The van der Waals surface area contributed by atoms with Gasteiger partial charge in [-0.2, -0.15) is 0 Å². The Bertz CT molecular complexity index is 718. The van der Waals surface area contributed by atoms with Gasteiger partial charge in [-0.1, -0.05) is 0 Å². The van der Waals surface area contributed by atoms with Crippen LogP contribution in [0.1, 0.15) is 28.2 Å². The van der Waals surface area contributed by atoms with E-state index in [0.29, 0.717) is 10.9 Å². The van der Waals surface area contributed by atoms with Crippen molar-refractivity contribution in [1.82, 2.24) is 14.8 Å². The highest BCUT2D eigenvalue weighted by molar-refractivity contribution is 7.17. The van der Waals surface area contributed by atoms with Gasteiger partial charge in [0.2, 0.25) is 0 Å². The Hall–Kier alpha value is -1.79. The monoisotopic (exact) mass is 347 g/mol. The van der Waals surface area contributed by atoms with Crippen LogP contribution in [0.25, 0.3) is 10.6 Å². The number of amides is 1. The van der Waals surface area contributed by atoms with Crippen LogP contribution in [0.4, 0.5) is 4.39 Å². The minimum atomic E-state index is -0.271. The summed E-state index contributed by atoms with van der Waals surface area (Å²) in [5.74, 6) is -0.206. The Labute approximate surface area is 145 Å². The van der Waals surface area contributed by atoms with Gasteiger partial charge in [-0.15, -0.1) is 11.3 Å². The number of thiazole rings is 1. The number of carbonyl (C=O) groups excluding carboxylic acids is 1. The molecule has 0 saturated carbocycles. The Morgan fingerprint density at radius 1 is 1.25 bits per heavy atom. The predicted octanol–water partition coefficient (Wildman–Crippen LogP) is 3.42. The molecule has 0 radical (unpaired) electrons. The number of aryl methyl sites for hydroxylation is 1. The van der Waals surface area contributed by atoms with E-state index < -0.39 is 0 Å². The minimum absolute atomic E-state index is 0.0653. The SMILES string of the molecule is Cc1nc(-c2ccc(F)cc2)sc1C(=O)N1CCC(N(C)C)CC1. The maximum atomic E-state index is 13.1. The van der Waals surface area contributed by atoms with Crippen LogP contribution in [-0.2, 0) is 0 Å². The molecule has 3 rings (SSSR count). The first-order chi connectivity index (χ1) is 11.5. The molecule has 128 valence electrons. The molecule has 0 aliphatic carbocycles. The highest BCUT2D eigenvalue weighted by Gasteiger charge is 2.27. The van der Waals surface area contributed by atoms with Gasteiger partial charge in [0.15, 0.2) is 0 Å². The van der Waals surface area contributed by atoms with Crippen LogP contribution in [0.5, 0.6) is 0 Å². The Kier molecular flexibility index (Phi) is 4.96. The van der Waals surface area contributed by atoms with E-state index >= 15 is 0 Å². The van der Waals surface area contributed by atoms with Gasteiger partial charge in [0.25, 0.3) is 5.91 Å². The van der Waals surface area contributed by atoms with Gasteiger partial charge in [-0.25, -0.2) is 9.37 Å². The lowest BCUT2D eigenvalue weighted by Crippen LogP contribution is -2.44. The van der Waals surface area contributed by atoms with E-state index in [0.717, 1.165) is 42.2 Å². The third-order valence-electron chi connectivity index (χ3n) is 4.56. The molecular weight excluding hydrogens is 325 g/mol. The molecule has 0 bridgehead atoms. The third kappa shape index (κ3) is 3.49. The van der Waals surface area contributed by atoms with Crippen LogP contribution in [0.2, 0.25) is 0 Å². The summed E-state index contributed by atoms with van der Waals surface area (Å²) in [4.78, 5) is 22.2. The molecule has 2 aromatic rings. The molecule has 6 heteroatoms. The van der Waals surface area contributed by atoms with Gasteiger partial charge in [-0.3, -0.25) is 4.79 Å². The van der Waals surface area contributed by atoms with E-state index in [9.17, 15) is 9.18 Å². The number of aromatic nitrogens is 1. The quantitative estimate of drug-likeness (QED) is 0.854. The van der Waals surface area contributed by atoms with Crippen molar-refractivity contribution < 1.29 is 9.18 Å². The van der Waals surface area contributed by atoms with Crippen molar-refractivity contribution in [3.63, 3.8) is 0 Å². The lowest BCUT2D eigenvalue weighted by atomic mass is 10.0. The summed E-state index contributed by atoms with van der Waals surface area (Å²) in [5.41, 5.74) is 1.59. The smallest absolute Gasteiger partial charge is 0.265 e. The van der Waals surface area contributed by atoms with E-state index in [1.807, 2.05) is 11.8 Å². The van der Waals surface area contributed by atoms with Gasteiger partial charge >= 0.3 is 0 Å². The van der Waals surface area contributed by atoms with E-state index in [4.69, 9.17) is 0 Å². The maximum Gasteiger partial charge on any atom is 0.265 e. The second kappa shape index (κ2) is 6.99. The van der Waals surface area contributed by atoms with Crippen molar-refractivity contribution in [2.75, 3.05) is 27.2 Å². The molecule has 0 N–H and O–H groups in total. The number of benzene rings is 1. The molecule has 1 aromatic carbocycles. The lowest BCUT2D eigenvalue weighted by Gasteiger charge is -2.35. The van der Waals surface area contributed by atoms with Crippen LogP contribution in [0, 0.1) is 12.7 Å². The van der Waals surface area contributed by atoms with Crippen molar-refractivity contribution in [2.45, 2.75) is 25.8 Å². The van der Waals surface area contributed by atoms with Gasteiger partial charge in [0, 0.05) is 24.7 Å². The molecule has 2 heterocycles. The molecule has 4 nitrogen and oxygen atoms in total. The van der Waals surface area contributed by atoms with Crippen molar-refractivity contribution in [3.8, 4) is 10.6 Å². The molecule has 1 aliphatic rings. The van der Waals surface area contributed by atoms with Crippen molar-refractivity contribution in [1.29, 1.82) is 0 Å². The predicted molar refractivity (Wildman–Crippen MR) is 94.9 cm³/mol. The summed E-state index contributed by atoms with van der Waals surface area (Å²) in [5, 5.41) is 0.763. The number of halogens is 1. The number of rotatable bonds is 3. The second-order valence-electron chi connectivity index (χ2n) is 6.43. The third-order valence-corrected chi connectivity index (χ3v) is 5.76. The molecule has 0 spiro atoms. The number of hydrogen-bond acceptors (Lipinski definition) is 4. The number of nitrogens with zero attached hydrogens (tertiary/aromatic N) is 3. The van der Waals surface area contributed by atoms with E-state index in [-0.39, 0.29) is 11.7 Å². The van der Waals surface area contributed by atoms with Crippen LogP contribution in [-0.4, -0.2) is 53.9 Å². The molecule has 1 fully saturated rings. The van der Waals surface area contributed by atoms with Crippen LogP contribution in [0.3, 0.4) is 0 Å². The summed E-state index contributed by atoms with van der Waals surface area (Å²) in [6.07, 6.45) is 2.00. The van der Waals surface area contributed by atoms with Gasteiger partial charge in [-0.05, 0) is 58.1 Å². The minimum Gasteiger partial charge on any atom is -0.338 e. The number of piperidine rings is 1. The highest BCUT2D eigenvalue weighted by atomic mass is 32.1. The molecule has 0 unspecified atom stereocenters. The van der Waals surface area contributed by atoms with Gasteiger partial charge in [0.05, 0.1) is 5.69 Å². The molecular formula is C18H22FN3OS. The topological polar surface area (TPSA) is 36.4 Å². The van der Waals surface area contributed by atoms with Crippen molar-refractivity contribution >= 4 is 17.2 Å². The first kappa shape index (κ1) is 17.0. The molecule has 1 aromatic heterocycles. The fourth-order valence-corrected chi connectivity index (χ4v) is 4.08. The number of hydrogen-bond donors (Lipinski definition) is 0. The van der Waals surface area contributed by atoms with Crippen LogP contribution in [0.15, 0.2) is 24.3 Å². The van der Waals surface area contributed by atoms with Crippen LogP contribution < -0.4 is 0 Å². The van der Waals surface area contributed by atoms with Gasteiger partial charge in [0.1, 0.15) is 15.7 Å². The van der Waals surface area contributed by atoms with Crippen molar-refractivity contribution in [2.24, 2.45) is 0 Å². The largest absolute Gasteiger partial charge is 0.338 e. The second-order valence-corrected chi connectivity index (χ2v) is 7.43. The number of carbonyl (C=O) groups is 1. The zero-order chi connectivity index (χ0) is 17.3. The summed E-state index contributed by atoms with van der Waals surface area (Å²) in [6, 6.07) is 6.78. The summed E-state index contributed by atoms with van der Waals surface area (Å²) in [7, 11) is 4.18. The lowest BCUT2D eigenvalue weighted by molar-refractivity contribution is 0.0667. The summed E-state index contributed by atoms with van der Waals surface area (Å²) >= 11 is 1.39. The molecule has 1 saturated heterocycles.